The van der Waals surface area contributed by atoms with Gasteiger partial charge in [0.2, 0.25) is 5.95 Å². The van der Waals surface area contributed by atoms with Crippen LogP contribution in [0, 0.1) is 0 Å². The van der Waals surface area contributed by atoms with Crippen molar-refractivity contribution in [2.75, 3.05) is 36.4 Å². The Bertz CT molecular complexity index is 1180. The molecule has 0 spiro atoms. The fourth-order valence-corrected chi connectivity index (χ4v) is 3.92. The number of hydrogen-bond donors (Lipinski definition) is 2. The van der Waals surface area contributed by atoms with Crippen molar-refractivity contribution in [1.82, 2.24) is 14.9 Å². The molecule has 6 heteroatoms. The van der Waals surface area contributed by atoms with Gasteiger partial charge in [-0.3, -0.25) is 14.7 Å². The summed E-state index contributed by atoms with van der Waals surface area (Å²) in [6, 6.07) is 27.6. The highest BCUT2D eigenvalue weighted by molar-refractivity contribution is 6.03. The van der Waals surface area contributed by atoms with Crippen LogP contribution in [0.15, 0.2) is 91.1 Å². The second-order valence-corrected chi connectivity index (χ2v) is 7.76. The summed E-state index contributed by atoms with van der Waals surface area (Å²) in [7, 11) is 0. The number of carbonyl (C=O) groups excluding carboxylic acids is 1. The number of anilines is 2. The topological polar surface area (TPSA) is 62.2 Å². The van der Waals surface area contributed by atoms with Crippen molar-refractivity contribution >= 4 is 17.5 Å². The highest BCUT2D eigenvalue weighted by Crippen LogP contribution is 2.25. The number of nitrogens with zero attached hydrogens (tertiary/aromatic N) is 3. The molecule has 0 bridgehead atoms. The molecule has 0 saturated carbocycles. The third-order valence-electron chi connectivity index (χ3n) is 5.65. The van der Waals surface area contributed by atoms with E-state index in [0.717, 1.165) is 48.8 Å². The Labute approximate surface area is 187 Å². The number of hydrogen-bond acceptors (Lipinski definition) is 4. The molecule has 0 atom stereocenters. The van der Waals surface area contributed by atoms with Crippen LogP contribution >= 0.6 is 0 Å². The SMILES string of the molecule is O=C(Nc1nc(-c2ccccc2)cn1-c1ccccc1)c1ccc(N2CCNCC2)cc1. The van der Waals surface area contributed by atoms with Crippen molar-refractivity contribution in [2.24, 2.45) is 0 Å². The van der Waals surface area contributed by atoms with E-state index < -0.39 is 0 Å². The zero-order valence-corrected chi connectivity index (χ0v) is 17.7. The fourth-order valence-electron chi connectivity index (χ4n) is 3.92. The first-order chi connectivity index (χ1) is 15.8. The van der Waals surface area contributed by atoms with Gasteiger partial charge in [-0.25, -0.2) is 4.98 Å². The van der Waals surface area contributed by atoms with E-state index in [1.807, 2.05) is 95.7 Å². The average molecular weight is 424 g/mol. The van der Waals surface area contributed by atoms with Gasteiger partial charge in [-0.1, -0.05) is 48.5 Å². The highest BCUT2D eigenvalue weighted by atomic mass is 16.1. The van der Waals surface area contributed by atoms with Gasteiger partial charge in [0.15, 0.2) is 0 Å². The number of piperazine rings is 1. The van der Waals surface area contributed by atoms with Gasteiger partial charge < -0.3 is 10.2 Å². The molecule has 1 amide bonds. The summed E-state index contributed by atoms with van der Waals surface area (Å²) in [5.41, 5.74) is 4.48. The van der Waals surface area contributed by atoms with Crippen LogP contribution in [-0.2, 0) is 0 Å². The second-order valence-electron chi connectivity index (χ2n) is 7.76. The first-order valence-corrected chi connectivity index (χ1v) is 10.9. The van der Waals surface area contributed by atoms with Gasteiger partial charge in [0.1, 0.15) is 0 Å². The molecule has 0 unspecified atom stereocenters. The first kappa shape index (κ1) is 20.0. The summed E-state index contributed by atoms with van der Waals surface area (Å²) in [4.78, 5) is 20.1. The number of para-hydroxylation sites is 1. The van der Waals surface area contributed by atoms with Gasteiger partial charge in [-0.05, 0) is 36.4 Å². The van der Waals surface area contributed by atoms with Gasteiger partial charge in [0.25, 0.3) is 5.91 Å². The van der Waals surface area contributed by atoms with Crippen LogP contribution in [0.4, 0.5) is 11.6 Å². The molecule has 1 fully saturated rings. The molecule has 2 N–H and O–H groups in total. The molecule has 1 aliphatic rings. The summed E-state index contributed by atoms with van der Waals surface area (Å²) < 4.78 is 1.91. The molecule has 2 heterocycles. The van der Waals surface area contributed by atoms with Crippen LogP contribution in [0.2, 0.25) is 0 Å². The average Bonchev–Trinajstić information content (AvgIpc) is 3.29. The van der Waals surface area contributed by atoms with Crippen molar-refractivity contribution in [3.05, 3.63) is 96.7 Å². The second kappa shape index (κ2) is 9.08. The molecule has 4 aromatic rings. The van der Waals surface area contributed by atoms with Crippen molar-refractivity contribution in [2.45, 2.75) is 0 Å². The van der Waals surface area contributed by atoms with E-state index in [9.17, 15) is 4.79 Å². The standard InChI is InChI=1S/C26H25N5O/c32-25(21-11-13-22(14-12-21)30-17-15-27-16-18-30)29-26-28-24(20-7-3-1-4-8-20)19-31(26)23-9-5-2-6-10-23/h1-14,19,27H,15-18H2,(H,28,29,32). The van der Waals surface area contributed by atoms with Crippen LogP contribution in [0.5, 0.6) is 0 Å². The lowest BCUT2D eigenvalue weighted by Crippen LogP contribution is -2.43. The molecule has 1 aromatic heterocycles. The van der Waals surface area contributed by atoms with Crippen molar-refractivity contribution in [3.8, 4) is 16.9 Å². The van der Waals surface area contributed by atoms with Gasteiger partial charge in [-0.2, -0.15) is 0 Å². The summed E-state index contributed by atoms with van der Waals surface area (Å²) in [6.45, 7) is 3.91. The Morgan fingerprint density at radius 1 is 0.812 bits per heavy atom. The predicted molar refractivity (Wildman–Crippen MR) is 128 cm³/mol. The maximum atomic E-state index is 13.0. The highest BCUT2D eigenvalue weighted by Gasteiger charge is 2.16. The number of aromatic nitrogens is 2. The van der Waals surface area contributed by atoms with Crippen LogP contribution in [0.1, 0.15) is 10.4 Å². The molecule has 6 nitrogen and oxygen atoms in total. The minimum atomic E-state index is -0.181. The number of nitrogens with one attached hydrogen (secondary N) is 2. The maximum absolute atomic E-state index is 13.0. The lowest BCUT2D eigenvalue weighted by Gasteiger charge is -2.29. The van der Waals surface area contributed by atoms with E-state index in [0.29, 0.717) is 11.5 Å². The number of amides is 1. The molecule has 0 aliphatic carbocycles. The third-order valence-corrected chi connectivity index (χ3v) is 5.65. The smallest absolute Gasteiger partial charge is 0.257 e. The molecule has 1 aliphatic heterocycles. The van der Waals surface area contributed by atoms with E-state index in [1.165, 1.54) is 0 Å². The normalized spacial score (nSPS) is 13.7. The molecular formula is C26H25N5O. The van der Waals surface area contributed by atoms with Crippen LogP contribution < -0.4 is 15.5 Å². The zero-order chi connectivity index (χ0) is 21.8. The molecule has 1 saturated heterocycles. The first-order valence-electron chi connectivity index (χ1n) is 10.9. The molecular weight excluding hydrogens is 398 g/mol. The molecule has 32 heavy (non-hydrogen) atoms. The van der Waals surface area contributed by atoms with Crippen molar-refractivity contribution in [3.63, 3.8) is 0 Å². The molecule has 160 valence electrons. The Morgan fingerprint density at radius 3 is 2.16 bits per heavy atom. The van der Waals surface area contributed by atoms with Gasteiger partial charge >= 0.3 is 0 Å². The van der Waals surface area contributed by atoms with Crippen molar-refractivity contribution in [1.29, 1.82) is 0 Å². The van der Waals surface area contributed by atoms with E-state index in [1.54, 1.807) is 0 Å². The van der Waals surface area contributed by atoms with Gasteiger partial charge in [0.05, 0.1) is 5.69 Å². The number of rotatable bonds is 5. The number of imidazole rings is 1. The van der Waals surface area contributed by atoms with Crippen molar-refractivity contribution < 1.29 is 4.79 Å². The van der Waals surface area contributed by atoms with Gasteiger partial charge in [-0.15, -0.1) is 0 Å². The Balaban J connectivity index is 1.41. The lowest BCUT2D eigenvalue weighted by molar-refractivity contribution is 0.102. The molecule has 3 aromatic carbocycles. The Hall–Kier alpha value is -3.90. The van der Waals surface area contributed by atoms with Crippen LogP contribution in [0.25, 0.3) is 16.9 Å². The monoisotopic (exact) mass is 423 g/mol. The third kappa shape index (κ3) is 4.26. The maximum Gasteiger partial charge on any atom is 0.257 e. The van der Waals surface area contributed by atoms with Crippen LogP contribution in [0.3, 0.4) is 0 Å². The lowest BCUT2D eigenvalue weighted by atomic mass is 10.1. The van der Waals surface area contributed by atoms with E-state index >= 15 is 0 Å². The number of benzene rings is 3. The fraction of sp³-hybridized carbons (Fsp3) is 0.154. The molecule has 0 radical (unpaired) electrons. The summed E-state index contributed by atoms with van der Waals surface area (Å²) in [5, 5.41) is 6.36. The van der Waals surface area contributed by atoms with Gasteiger partial charge in [0, 0.05) is 54.9 Å². The largest absolute Gasteiger partial charge is 0.369 e. The predicted octanol–water partition coefficient (Wildman–Crippen LogP) is 4.20. The molecule has 5 rings (SSSR count). The zero-order valence-electron chi connectivity index (χ0n) is 17.7. The minimum Gasteiger partial charge on any atom is -0.369 e. The summed E-state index contributed by atoms with van der Waals surface area (Å²) in [5.74, 6) is 0.311. The minimum absolute atomic E-state index is 0.181. The Kier molecular flexibility index (Phi) is 5.68. The Morgan fingerprint density at radius 2 is 1.47 bits per heavy atom. The summed E-state index contributed by atoms with van der Waals surface area (Å²) >= 11 is 0. The van der Waals surface area contributed by atoms with E-state index in [2.05, 4.69) is 15.5 Å². The van der Waals surface area contributed by atoms with E-state index in [-0.39, 0.29) is 5.91 Å². The van der Waals surface area contributed by atoms with Crippen LogP contribution in [-0.4, -0.2) is 41.6 Å². The summed E-state index contributed by atoms with van der Waals surface area (Å²) in [6.07, 6.45) is 1.95. The van der Waals surface area contributed by atoms with E-state index in [4.69, 9.17) is 4.98 Å². The number of carbonyl (C=O) groups is 1. The quantitative estimate of drug-likeness (QED) is 0.505.